The smallest absolute Gasteiger partial charge is 0.321 e. The molecule has 4 bridgehead atoms. The van der Waals surface area contributed by atoms with Crippen molar-refractivity contribution in [2.24, 2.45) is 17.3 Å². The van der Waals surface area contributed by atoms with Crippen LogP contribution in [0.25, 0.3) is 0 Å². The second-order valence-corrected chi connectivity index (χ2v) is 9.95. The minimum atomic E-state index is -0.570. The Morgan fingerprint density at radius 3 is 2.33 bits per heavy atom. The number of amides is 3. The lowest BCUT2D eigenvalue weighted by Crippen LogP contribution is -2.56. The molecule has 5 aliphatic carbocycles. The normalized spacial score (nSPS) is 39.4. The molecule has 5 saturated carbocycles. The van der Waals surface area contributed by atoms with Crippen LogP contribution in [0.5, 0.6) is 0 Å². The highest BCUT2D eigenvalue weighted by atomic mass is 79.9. The summed E-state index contributed by atoms with van der Waals surface area (Å²) < 4.78 is 5.38. The van der Waals surface area contributed by atoms with Gasteiger partial charge in [-0.3, -0.25) is 14.9 Å². The van der Waals surface area contributed by atoms with Crippen LogP contribution in [-0.2, 0) is 14.3 Å². The number of ether oxygens (including phenoxy) is 1. The predicted molar refractivity (Wildman–Crippen MR) is 89.4 cm³/mol. The topological polar surface area (TPSA) is 84.5 Å². The molecule has 7 heteroatoms. The van der Waals surface area contributed by atoms with E-state index in [0.717, 1.165) is 44.9 Å². The average molecular weight is 399 g/mol. The van der Waals surface area contributed by atoms with E-state index in [1.165, 1.54) is 6.42 Å². The number of imide groups is 1. The number of nitrogens with one attached hydrogen (secondary N) is 2. The molecule has 0 aromatic rings. The molecule has 5 fully saturated rings. The molecule has 2 atom stereocenters. The zero-order valence-corrected chi connectivity index (χ0v) is 15.2. The maximum absolute atomic E-state index is 12.7. The Hall–Kier alpha value is -1.11. The van der Waals surface area contributed by atoms with Gasteiger partial charge in [-0.1, -0.05) is 15.9 Å². The summed E-state index contributed by atoms with van der Waals surface area (Å²) in [6, 6.07) is -0.324. The molecule has 0 radical (unpaired) electrons. The minimum Gasteiger partial charge on any atom is -0.455 e. The third-order valence-corrected chi connectivity index (χ3v) is 6.85. The Morgan fingerprint density at radius 2 is 1.75 bits per heavy atom. The Morgan fingerprint density at radius 1 is 1.08 bits per heavy atom. The minimum absolute atomic E-state index is 0.0719. The first-order chi connectivity index (χ1) is 11.4. The van der Waals surface area contributed by atoms with Crippen molar-refractivity contribution in [1.29, 1.82) is 0 Å². The van der Waals surface area contributed by atoms with Gasteiger partial charge in [0, 0.05) is 10.4 Å². The Balaban J connectivity index is 1.31. The zero-order valence-electron chi connectivity index (χ0n) is 13.6. The molecule has 6 nitrogen and oxygen atoms in total. The predicted octanol–water partition coefficient (Wildman–Crippen LogP) is 2.25. The van der Waals surface area contributed by atoms with Gasteiger partial charge in [-0.25, -0.2) is 4.79 Å². The first-order valence-corrected chi connectivity index (χ1v) is 9.62. The number of rotatable bonds is 4. The summed E-state index contributed by atoms with van der Waals surface area (Å²) in [7, 11) is 0. The number of hydrogen-bond acceptors (Lipinski definition) is 4. The quantitative estimate of drug-likeness (QED) is 0.561. The maximum Gasteiger partial charge on any atom is 0.321 e. The average Bonchev–Trinajstić information content (AvgIpc) is 3.25. The van der Waals surface area contributed by atoms with Crippen LogP contribution in [0.2, 0.25) is 0 Å². The summed E-state index contributed by atoms with van der Waals surface area (Å²) in [6.07, 6.45) is 7.95. The zero-order chi connectivity index (χ0) is 16.9. The molecule has 5 rings (SSSR count). The van der Waals surface area contributed by atoms with Crippen LogP contribution < -0.4 is 10.6 Å². The van der Waals surface area contributed by atoms with E-state index in [2.05, 4.69) is 26.6 Å². The number of carbonyl (C=O) groups excluding carboxylic acids is 3. The third kappa shape index (κ3) is 3.19. The standard InChI is InChI=1S/C17H23BrN2O4/c18-17-6-10-3-11(7-17)5-16(4-10,9-17)14(22)24-8-13(21)20-15(23)19-12-1-2-12/h10-12H,1-9H2,(H2,19,20,21,23)/t10-,11-,16?,17?/m0/s1. The summed E-state index contributed by atoms with van der Waals surface area (Å²) in [6.45, 7) is -0.386. The Bertz CT molecular complexity index is 575. The molecule has 24 heavy (non-hydrogen) atoms. The van der Waals surface area contributed by atoms with Crippen molar-refractivity contribution in [2.75, 3.05) is 6.61 Å². The summed E-state index contributed by atoms with van der Waals surface area (Å²) >= 11 is 3.86. The van der Waals surface area contributed by atoms with E-state index in [-0.39, 0.29) is 22.9 Å². The fraction of sp³-hybridized carbons (Fsp3) is 0.824. The van der Waals surface area contributed by atoms with Crippen LogP contribution >= 0.6 is 15.9 Å². The summed E-state index contributed by atoms with van der Waals surface area (Å²) in [4.78, 5) is 36.0. The molecule has 0 aromatic carbocycles. The lowest BCUT2D eigenvalue weighted by Gasteiger charge is -2.58. The summed E-state index contributed by atoms with van der Waals surface area (Å²) in [5, 5.41) is 4.88. The monoisotopic (exact) mass is 398 g/mol. The van der Waals surface area contributed by atoms with E-state index in [1.807, 2.05) is 0 Å². The second-order valence-electron chi connectivity index (χ2n) is 8.26. The van der Waals surface area contributed by atoms with Crippen molar-refractivity contribution in [2.45, 2.75) is 61.7 Å². The van der Waals surface area contributed by atoms with Crippen molar-refractivity contribution in [3.63, 3.8) is 0 Å². The summed E-state index contributed by atoms with van der Waals surface area (Å²) in [5.74, 6) is 0.325. The fourth-order valence-electron chi connectivity index (χ4n) is 5.29. The molecular formula is C17H23BrN2O4. The number of halogens is 1. The van der Waals surface area contributed by atoms with E-state index in [0.29, 0.717) is 11.8 Å². The number of hydrogen-bond donors (Lipinski definition) is 2. The Labute approximate surface area is 149 Å². The molecule has 0 unspecified atom stereocenters. The van der Waals surface area contributed by atoms with E-state index in [4.69, 9.17) is 4.74 Å². The van der Waals surface area contributed by atoms with Crippen LogP contribution in [0.4, 0.5) is 4.79 Å². The van der Waals surface area contributed by atoms with E-state index < -0.39 is 17.4 Å². The first-order valence-electron chi connectivity index (χ1n) is 8.82. The number of carbonyl (C=O) groups is 3. The molecule has 0 aliphatic heterocycles. The van der Waals surface area contributed by atoms with Crippen molar-refractivity contribution in [3.05, 3.63) is 0 Å². The third-order valence-electron chi connectivity index (χ3n) is 5.92. The second kappa shape index (κ2) is 5.71. The molecule has 5 aliphatic rings. The number of esters is 1. The number of urea groups is 1. The largest absolute Gasteiger partial charge is 0.455 e. The molecule has 0 spiro atoms. The summed E-state index contributed by atoms with van der Waals surface area (Å²) in [5.41, 5.74) is -0.440. The van der Waals surface area contributed by atoms with E-state index in [9.17, 15) is 14.4 Å². The highest BCUT2D eigenvalue weighted by Gasteiger charge is 2.60. The Kier molecular flexibility index (Phi) is 3.90. The van der Waals surface area contributed by atoms with Crippen molar-refractivity contribution < 1.29 is 19.1 Å². The first kappa shape index (κ1) is 16.4. The van der Waals surface area contributed by atoms with Gasteiger partial charge in [-0.15, -0.1) is 0 Å². The van der Waals surface area contributed by atoms with Crippen molar-refractivity contribution in [1.82, 2.24) is 10.6 Å². The maximum atomic E-state index is 12.7. The van der Waals surface area contributed by atoms with Crippen LogP contribution in [-0.4, -0.2) is 34.9 Å². The molecule has 3 amide bonds. The van der Waals surface area contributed by atoms with Gasteiger partial charge in [0.25, 0.3) is 5.91 Å². The molecule has 0 aromatic heterocycles. The van der Waals surface area contributed by atoms with Gasteiger partial charge in [-0.05, 0) is 63.2 Å². The SMILES string of the molecule is O=C(COC(=O)C12C[C@@H]3C[C@H](CC(Br)(C3)C1)C2)NC(=O)NC1CC1. The number of alkyl halides is 1. The highest BCUT2D eigenvalue weighted by molar-refractivity contribution is 9.10. The van der Waals surface area contributed by atoms with Gasteiger partial charge >= 0.3 is 12.0 Å². The lowest BCUT2D eigenvalue weighted by atomic mass is 9.49. The lowest BCUT2D eigenvalue weighted by molar-refractivity contribution is -0.171. The van der Waals surface area contributed by atoms with Gasteiger partial charge in [0.15, 0.2) is 6.61 Å². The van der Waals surface area contributed by atoms with Gasteiger partial charge in [-0.2, -0.15) is 0 Å². The van der Waals surface area contributed by atoms with Crippen LogP contribution in [0.3, 0.4) is 0 Å². The van der Waals surface area contributed by atoms with Crippen LogP contribution in [0.1, 0.15) is 51.4 Å². The van der Waals surface area contributed by atoms with Crippen molar-refractivity contribution in [3.8, 4) is 0 Å². The van der Waals surface area contributed by atoms with E-state index >= 15 is 0 Å². The highest BCUT2D eigenvalue weighted by Crippen LogP contribution is 2.64. The van der Waals surface area contributed by atoms with Crippen LogP contribution in [0.15, 0.2) is 0 Å². The van der Waals surface area contributed by atoms with Gasteiger partial charge in [0.1, 0.15) is 0 Å². The molecule has 0 saturated heterocycles. The fourth-order valence-corrected chi connectivity index (χ4v) is 6.74. The van der Waals surface area contributed by atoms with Crippen LogP contribution in [0, 0.1) is 17.3 Å². The van der Waals surface area contributed by atoms with Gasteiger partial charge in [0.05, 0.1) is 5.41 Å². The van der Waals surface area contributed by atoms with Crippen molar-refractivity contribution >= 4 is 33.8 Å². The van der Waals surface area contributed by atoms with Gasteiger partial charge in [0.2, 0.25) is 0 Å². The molecular weight excluding hydrogens is 376 g/mol. The molecule has 2 N–H and O–H groups in total. The molecule has 132 valence electrons. The van der Waals surface area contributed by atoms with Gasteiger partial charge < -0.3 is 10.1 Å². The molecule has 0 heterocycles. The van der Waals surface area contributed by atoms with E-state index in [1.54, 1.807) is 0 Å².